The van der Waals surface area contributed by atoms with Gasteiger partial charge in [0.15, 0.2) is 5.11 Å². The second-order valence-corrected chi connectivity index (χ2v) is 5.93. The van der Waals surface area contributed by atoms with Crippen molar-refractivity contribution in [2.45, 2.75) is 6.42 Å². The number of halogens is 2. The summed E-state index contributed by atoms with van der Waals surface area (Å²) in [6.45, 7) is 0.663. The largest absolute Gasteiger partial charge is 0.497 e. The summed E-state index contributed by atoms with van der Waals surface area (Å²) >= 11 is 8.38. The highest BCUT2D eigenvalue weighted by Gasteiger charge is 2.04. The van der Waals surface area contributed by atoms with Crippen LogP contribution >= 0.6 is 28.1 Å². The Bertz CT molecular complexity index is 649. The molecule has 3 nitrogen and oxygen atoms in total. The Balaban J connectivity index is 1.79. The number of hydrogen-bond acceptors (Lipinski definition) is 2. The van der Waals surface area contributed by atoms with Gasteiger partial charge in [-0.1, -0.05) is 28.1 Å². The summed E-state index contributed by atoms with van der Waals surface area (Å²) in [4.78, 5) is 0. The topological polar surface area (TPSA) is 33.3 Å². The van der Waals surface area contributed by atoms with Crippen LogP contribution in [0.4, 0.5) is 10.1 Å². The number of anilines is 1. The zero-order valence-corrected chi connectivity index (χ0v) is 14.4. The van der Waals surface area contributed by atoms with Crippen LogP contribution in [0.2, 0.25) is 0 Å². The average molecular weight is 383 g/mol. The minimum Gasteiger partial charge on any atom is -0.497 e. The minimum atomic E-state index is -0.353. The van der Waals surface area contributed by atoms with Gasteiger partial charge in [0.1, 0.15) is 11.6 Å². The maximum atomic E-state index is 13.7. The molecule has 6 heteroatoms. The van der Waals surface area contributed by atoms with E-state index in [0.29, 0.717) is 21.8 Å². The van der Waals surface area contributed by atoms with Crippen LogP contribution in [0.15, 0.2) is 46.9 Å². The summed E-state index contributed by atoms with van der Waals surface area (Å²) < 4.78 is 19.5. The number of ether oxygens (including phenoxy) is 1. The molecule has 2 N–H and O–H groups in total. The molecule has 0 radical (unpaired) electrons. The highest BCUT2D eigenvalue weighted by molar-refractivity contribution is 9.10. The fourth-order valence-corrected chi connectivity index (χ4v) is 2.42. The zero-order valence-electron chi connectivity index (χ0n) is 12.0. The first-order chi connectivity index (χ1) is 10.6. The summed E-state index contributed by atoms with van der Waals surface area (Å²) in [6.07, 6.45) is 0.814. The van der Waals surface area contributed by atoms with Crippen molar-refractivity contribution in [1.82, 2.24) is 5.32 Å². The lowest BCUT2D eigenvalue weighted by molar-refractivity contribution is 0.414. The third kappa shape index (κ3) is 4.96. The van der Waals surface area contributed by atoms with Crippen LogP contribution in [-0.4, -0.2) is 18.8 Å². The van der Waals surface area contributed by atoms with E-state index < -0.39 is 0 Å². The van der Waals surface area contributed by atoms with Crippen LogP contribution in [0.3, 0.4) is 0 Å². The zero-order chi connectivity index (χ0) is 15.9. The van der Waals surface area contributed by atoms with Gasteiger partial charge in [-0.25, -0.2) is 4.39 Å². The molecule has 116 valence electrons. The normalized spacial score (nSPS) is 10.1. The molecule has 0 bridgehead atoms. The molecule has 0 heterocycles. The third-order valence-corrected chi connectivity index (χ3v) is 3.78. The van der Waals surface area contributed by atoms with Crippen LogP contribution in [0, 0.1) is 5.82 Å². The molecule has 0 aliphatic heterocycles. The van der Waals surface area contributed by atoms with Crippen molar-refractivity contribution in [2.24, 2.45) is 0 Å². The lowest BCUT2D eigenvalue weighted by Crippen LogP contribution is -2.30. The van der Waals surface area contributed by atoms with Gasteiger partial charge in [0.25, 0.3) is 0 Å². The van der Waals surface area contributed by atoms with Gasteiger partial charge in [-0.2, -0.15) is 0 Å². The van der Waals surface area contributed by atoms with Crippen molar-refractivity contribution >= 4 is 38.9 Å². The molecule has 0 aromatic heterocycles. The van der Waals surface area contributed by atoms with Crippen LogP contribution in [-0.2, 0) is 6.42 Å². The van der Waals surface area contributed by atoms with E-state index >= 15 is 0 Å². The van der Waals surface area contributed by atoms with Crippen LogP contribution in [0.5, 0.6) is 5.75 Å². The Morgan fingerprint density at radius 3 is 2.59 bits per heavy atom. The molecule has 0 atom stereocenters. The minimum absolute atomic E-state index is 0.352. The van der Waals surface area contributed by atoms with Crippen molar-refractivity contribution in [1.29, 1.82) is 0 Å². The van der Waals surface area contributed by atoms with E-state index in [1.54, 1.807) is 19.2 Å². The lowest BCUT2D eigenvalue weighted by Gasteiger charge is -2.11. The fourth-order valence-electron chi connectivity index (χ4n) is 1.87. The molecule has 0 saturated carbocycles. The summed E-state index contributed by atoms with van der Waals surface area (Å²) in [5.41, 5.74) is 1.52. The SMILES string of the molecule is COc1ccc(CCNC(=S)Nc2ccc(Br)cc2F)cc1. The quantitative estimate of drug-likeness (QED) is 0.761. The van der Waals surface area contributed by atoms with Crippen molar-refractivity contribution in [3.05, 3.63) is 58.3 Å². The van der Waals surface area contributed by atoms with E-state index in [4.69, 9.17) is 17.0 Å². The summed E-state index contributed by atoms with van der Waals surface area (Å²) in [5.74, 6) is 0.480. The number of hydrogen-bond donors (Lipinski definition) is 2. The Hall–Kier alpha value is -1.66. The van der Waals surface area contributed by atoms with E-state index in [-0.39, 0.29) is 5.82 Å². The molecule has 0 unspecified atom stereocenters. The highest BCUT2D eigenvalue weighted by Crippen LogP contribution is 2.19. The summed E-state index contributed by atoms with van der Waals surface area (Å²) in [5, 5.41) is 6.31. The van der Waals surface area contributed by atoms with E-state index in [0.717, 1.165) is 12.2 Å². The molecule has 0 saturated heterocycles. The van der Waals surface area contributed by atoms with Crippen molar-refractivity contribution in [3.8, 4) is 5.75 Å². The fraction of sp³-hybridized carbons (Fsp3) is 0.188. The van der Waals surface area contributed by atoms with Crippen LogP contribution in [0.25, 0.3) is 0 Å². The number of rotatable bonds is 5. The van der Waals surface area contributed by atoms with Crippen LogP contribution in [0.1, 0.15) is 5.56 Å². The van der Waals surface area contributed by atoms with E-state index in [2.05, 4.69) is 26.6 Å². The molecule has 22 heavy (non-hydrogen) atoms. The van der Waals surface area contributed by atoms with Gasteiger partial charge in [-0.05, 0) is 54.5 Å². The van der Waals surface area contributed by atoms with Gasteiger partial charge in [-0.3, -0.25) is 0 Å². The predicted molar refractivity (Wildman–Crippen MR) is 95.0 cm³/mol. The molecule has 0 aliphatic carbocycles. The molecule has 2 rings (SSSR count). The third-order valence-electron chi connectivity index (χ3n) is 3.04. The van der Waals surface area contributed by atoms with Crippen molar-refractivity contribution in [3.63, 3.8) is 0 Å². The number of thiocarbonyl (C=S) groups is 1. The molecule has 2 aromatic rings. The molecule has 0 fully saturated rings. The smallest absolute Gasteiger partial charge is 0.170 e. The van der Waals surface area contributed by atoms with Crippen molar-refractivity contribution < 1.29 is 9.13 Å². The van der Waals surface area contributed by atoms with Crippen molar-refractivity contribution in [2.75, 3.05) is 19.0 Å². The average Bonchev–Trinajstić information content (AvgIpc) is 2.51. The van der Waals surface area contributed by atoms with Gasteiger partial charge in [0, 0.05) is 11.0 Å². The number of benzene rings is 2. The monoisotopic (exact) mass is 382 g/mol. The Kier molecular flexibility index (Phi) is 6.15. The number of nitrogens with one attached hydrogen (secondary N) is 2. The first-order valence-corrected chi connectivity index (χ1v) is 7.91. The first kappa shape index (κ1) is 16.7. The molecular weight excluding hydrogens is 367 g/mol. The molecule has 0 amide bonds. The van der Waals surface area contributed by atoms with Gasteiger partial charge in [0.2, 0.25) is 0 Å². The Morgan fingerprint density at radius 2 is 1.95 bits per heavy atom. The summed E-state index contributed by atoms with van der Waals surface area (Å²) in [7, 11) is 1.64. The first-order valence-electron chi connectivity index (χ1n) is 6.71. The van der Waals surface area contributed by atoms with Crippen LogP contribution < -0.4 is 15.4 Å². The van der Waals surface area contributed by atoms with Gasteiger partial charge >= 0.3 is 0 Å². The lowest BCUT2D eigenvalue weighted by atomic mass is 10.1. The second kappa shape index (κ2) is 8.10. The Morgan fingerprint density at radius 1 is 1.23 bits per heavy atom. The molecule has 0 spiro atoms. The maximum absolute atomic E-state index is 13.7. The van der Waals surface area contributed by atoms with E-state index in [1.807, 2.05) is 24.3 Å². The van der Waals surface area contributed by atoms with Gasteiger partial charge < -0.3 is 15.4 Å². The molecule has 0 aliphatic rings. The Labute approximate surface area is 143 Å². The summed E-state index contributed by atoms with van der Waals surface area (Å²) in [6, 6.07) is 12.6. The van der Waals surface area contributed by atoms with E-state index in [1.165, 1.54) is 11.6 Å². The predicted octanol–water partition coefficient (Wildman–Crippen LogP) is 4.13. The maximum Gasteiger partial charge on any atom is 0.170 e. The number of methoxy groups -OCH3 is 1. The van der Waals surface area contributed by atoms with Gasteiger partial charge in [-0.15, -0.1) is 0 Å². The molecular formula is C16H16BrFN2OS. The second-order valence-electron chi connectivity index (χ2n) is 4.60. The van der Waals surface area contributed by atoms with E-state index in [9.17, 15) is 4.39 Å². The van der Waals surface area contributed by atoms with Gasteiger partial charge in [0.05, 0.1) is 12.8 Å². The molecule has 2 aromatic carbocycles. The standard InChI is InChI=1S/C16H16BrFN2OS/c1-21-13-5-2-11(3-6-13)8-9-19-16(22)20-15-7-4-12(17)10-14(15)18/h2-7,10H,8-9H2,1H3,(H2,19,20,22). The highest BCUT2D eigenvalue weighted by atomic mass is 79.9.